The fraction of sp³-hybridized carbons (Fsp3) is 0.333. The third kappa shape index (κ3) is 3.18. The Balaban J connectivity index is 3.44. The minimum Gasteiger partial charge on any atom is -0.466 e. The lowest BCUT2D eigenvalue weighted by molar-refractivity contribution is -0.388. The molecule has 0 atom stereocenters. The first-order valence-electron chi connectivity index (χ1n) is 5.72. The molecule has 0 aliphatic carbocycles. The van der Waals surface area contributed by atoms with Crippen molar-refractivity contribution in [3.05, 3.63) is 38.7 Å². The lowest BCUT2D eigenvalue weighted by Gasteiger charge is -2.08. The van der Waals surface area contributed by atoms with Gasteiger partial charge in [-0.2, -0.15) is 4.39 Å². The lowest BCUT2D eigenvalue weighted by Crippen LogP contribution is -2.17. The highest BCUT2D eigenvalue weighted by atomic mass is 19.2. The van der Waals surface area contributed by atoms with Gasteiger partial charge in [0, 0.05) is 5.56 Å². The van der Waals surface area contributed by atoms with Crippen LogP contribution in [0.2, 0.25) is 0 Å². The maximum absolute atomic E-state index is 13.9. The van der Waals surface area contributed by atoms with Crippen LogP contribution in [0.15, 0.2) is 0 Å². The van der Waals surface area contributed by atoms with Crippen molar-refractivity contribution < 1.29 is 32.4 Å². The number of Topliss-reactive ketones (excluding diaryl/α,β-unsaturated/α-hetero) is 1. The maximum Gasteiger partial charge on any atom is 0.321 e. The van der Waals surface area contributed by atoms with Crippen LogP contribution < -0.4 is 0 Å². The van der Waals surface area contributed by atoms with Gasteiger partial charge >= 0.3 is 11.7 Å². The quantitative estimate of drug-likeness (QED) is 0.208. The summed E-state index contributed by atoms with van der Waals surface area (Å²) in [4.78, 5) is 32.2. The molecule has 0 heterocycles. The summed E-state index contributed by atoms with van der Waals surface area (Å²) in [6, 6.07) is 0. The van der Waals surface area contributed by atoms with Gasteiger partial charge in [-0.15, -0.1) is 0 Å². The summed E-state index contributed by atoms with van der Waals surface area (Å²) < 4.78 is 45.2. The molecule has 6 nitrogen and oxygen atoms in total. The number of hydrogen-bond donors (Lipinski definition) is 0. The first-order valence-corrected chi connectivity index (χ1v) is 5.72. The zero-order valence-electron chi connectivity index (χ0n) is 11.0. The molecule has 0 saturated heterocycles. The molecule has 9 heteroatoms. The molecule has 1 aromatic carbocycles. The fourth-order valence-electron chi connectivity index (χ4n) is 1.62. The molecule has 0 unspecified atom stereocenters. The molecule has 114 valence electrons. The highest BCUT2D eigenvalue weighted by Crippen LogP contribution is 2.31. The van der Waals surface area contributed by atoms with Crippen molar-refractivity contribution in [2.45, 2.75) is 20.3 Å². The van der Waals surface area contributed by atoms with Crippen molar-refractivity contribution in [3.8, 4) is 0 Å². The number of esters is 1. The van der Waals surface area contributed by atoms with Crippen LogP contribution in [0.25, 0.3) is 0 Å². The first kappa shape index (κ1) is 16.6. The van der Waals surface area contributed by atoms with Crippen molar-refractivity contribution >= 4 is 17.4 Å². The summed E-state index contributed by atoms with van der Waals surface area (Å²) in [7, 11) is 0. The molecule has 0 spiro atoms. The standard InChI is InChI=1S/C12H10F3NO5/c1-3-21-7(18)4-6(17)8-9(13)5(2)10(14)11(15)12(8)16(19)20/h3-4H2,1-2H3. The molecule has 0 fully saturated rings. The Bertz CT molecular complexity index is 630. The molecule has 0 aliphatic rings. The molecule has 0 saturated carbocycles. The van der Waals surface area contributed by atoms with Crippen LogP contribution in [-0.2, 0) is 9.53 Å². The van der Waals surface area contributed by atoms with Gasteiger partial charge in [0.25, 0.3) is 0 Å². The second kappa shape index (κ2) is 6.33. The Hall–Kier alpha value is -2.45. The van der Waals surface area contributed by atoms with Gasteiger partial charge in [0.2, 0.25) is 5.82 Å². The lowest BCUT2D eigenvalue weighted by atomic mass is 10.0. The SMILES string of the molecule is CCOC(=O)CC(=O)c1c(F)c(C)c(F)c(F)c1[N+](=O)[O-]. The van der Waals surface area contributed by atoms with E-state index in [1.54, 1.807) is 0 Å². The summed E-state index contributed by atoms with van der Waals surface area (Å²) in [5, 5.41) is 10.7. The highest BCUT2D eigenvalue weighted by Gasteiger charge is 2.35. The zero-order valence-corrected chi connectivity index (χ0v) is 11.0. The fourth-order valence-corrected chi connectivity index (χ4v) is 1.62. The Kier molecular flexibility index (Phi) is 5.01. The second-order valence-corrected chi connectivity index (χ2v) is 3.95. The largest absolute Gasteiger partial charge is 0.466 e. The molecule has 1 aromatic rings. The van der Waals surface area contributed by atoms with Gasteiger partial charge in [-0.3, -0.25) is 19.7 Å². The van der Waals surface area contributed by atoms with Crippen molar-refractivity contribution in [1.82, 2.24) is 0 Å². The van der Waals surface area contributed by atoms with Gasteiger partial charge in [0.15, 0.2) is 11.6 Å². The Morgan fingerprint density at radius 3 is 2.24 bits per heavy atom. The van der Waals surface area contributed by atoms with Crippen LogP contribution in [0, 0.1) is 34.5 Å². The molecule has 0 aromatic heterocycles. The van der Waals surface area contributed by atoms with Crippen LogP contribution in [0.4, 0.5) is 18.9 Å². The molecular weight excluding hydrogens is 295 g/mol. The number of ketones is 1. The third-order valence-electron chi connectivity index (χ3n) is 2.59. The number of hydrogen-bond acceptors (Lipinski definition) is 5. The van der Waals surface area contributed by atoms with Crippen LogP contribution in [0.5, 0.6) is 0 Å². The van der Waals surface area contributed by atoms with E-state index in [9.17, 15) is 32.9 Å². The minimum absolute atomic E-state index is 0.0620. The zero-order chi connectivity index (χ0) is 16.3. The number of nitrogens with zero attached hydrogens (tertiary/aromatic N) is 1. The average molecular weight is 305 g/mol. The number of ether oxygens (including phenoxy) is 1. The van der Waals surface area contributed by atoms with Crippen LogP contribution in [0.1, 0.15) is 29.3 Å². The van der Waals surface area contributed by atoms with Crippen LogP contribution in [0.3, 0.4) is 0 Å². The Morgan fingerprint density at radius 2 is 1.76 bits per heavy atom. The number of halogens is 3. The van der Waals surface area contributed by atoms with Crippen molar-refractivity contribution in [2.75, 3.05) is 6.61 Å². The van der Waals surface area contributed by atoms with E-state index in [2.05, 4.69) is 4.74 Å². The average Bonchev–Trinajstić information content (AvgIpc) is 2.39. The Morgan fingerprint density at radius 1 is 1.19 bits per heavy atom. The predicted octanol–water partition coefficient (Wildman–Crippen LogP) is 2.46. The van der Waals surface area contributed by atoms with Gasteiger partial charge < -0.3 is 4.74 Å². The number of nitro groups is 1. The van der Waals surface area contributed by atoms with E-state index in [0.29, 0.717) is 0 Å². The summed E-state index contributed by atoms with van der Waals surface area (Å²) in [5.41, 5.74) is -3.79. The normalized spacial score (nSPS) is 10.3. The van der Waals surface area contributed by atoms with Gasteiger partial charge in [-0.05, 0) is 13.8 Å². The number of rotatable bonds is 5. The Labute approximate surface area is 116 Å². The van der Waals surface area contributed by atoms with E-state index in [1.165, 1.54) is 6.92 Å². The summed E-state index contributed by atoms with van der Waals surface area (Å²) in [5.74, 6) is -7.70. The highest BCUT2D eigenvalue weighted by molar-refractivity contribution is 6.08. The number of carbonyl (C=O) groups excluding carboxylic acids is 2. The molecule has 0 amide bonds. The maximum atomic E-state index is 13.9. The molecule has 0 bridgehead atoms. The van der Waals surface area contributed by atoms with Crippen LogP contribution in [-0.4, -0.2) is 23.3 Å². The van der Waals surface area contributed by atoms with Gasteiger partial charge in [-0.1, -0.05) is 0 Å². The summed E-state index contributed by atoms with van der Waals surface area (Å²) >= 11 is 0. The first-order chi connectivity index (χ1) is 9.72. The number of nitro benzene ring substituents is 1. The molecule has 21 heavy (non-hydrogen) atoms. The number of carbonyl (C=O) groups is 2. The smallest absolute Gasteiger partial charge is 0.321 e. The van der Waals surface area contributed by atoms with E-state index in [1.807, 2.05) is 0 Å². The van der Waals surface area contributed by atoms with Gasteiger partial charge in [0.05, 0.1) is 11.5 Å². The van der Waals surface area contributed by atoms with E-state index >= 15 is 0 Å². The van der Waals surface area contributed by atoms with E-state index in [4.69, 9.17) is 0 Å². The monoisotopic (exact) mass is 305 g/mol. The van der Waals surface area contributed by atoms with E-state index in [0.717, 1.165) is 6.92 Å². The molecule has 0 aliphatic heterocycles. The predicted molar refractivity (Wildman–Crippen MR) is 63.3 cm³/mol. The van der Waals surface area contributed by atoms with Crippen molar-refractivity contribution in [3.63, 3.8) is 0 Å². The van der Waals surface area contributed by atoms with Crippen molar-refractivity contribution in [1.29, 1.82) is 0 Å². The van der Waals surface area contributed by atoms with Gasteiger partial charge in [0.1, 0.15) is 17.8 Å². The van der Waals surface area contributed by atoms with Crippen LogP contribution >= 0.6 is 0 Å². The molecule has 1 rings (SSSR count). The molecule has 0 N–H and O–H groups in total. The number of benzene rings is 1. The van der Waals surface area contributed by atoms with E-state index in [-0.39, 0.29) is 6.61 Å². The third-order valence-corrected chi connectivity index (χ3v) is 2.59. The summed E-state index contributed by atoms with van der Waals surface area (Å²) in [6.07, 6.45) is -1.02. The minimum atomic E-state index is -1.95. The second-order valence-electron chi connectivity index (χ2n) is 3.95. The van der Waals surface area contributed by atoms with Crippen molar-refractivity contribution in [2.24, 2.45) is 0 Å². The van der Waals surface area contributed by atoms with Gasteiger partial charge in [-0.25, -0.2) is 8.78 Å². The topological polar surface area (TPSA) is 86.5 Å². The summed E-state index contributed by atoms with van der Waals surface area (Å²) in [6.45, 7) is 2.21. The van der Waals surface area contributed by atoms with E-state index < -0.39 is 57.4 Å². The molecule has 0 radical (unpaired) electrons. The molecular formula is C12H10F3NO5.